The Balaban J connectivity index is 1.46. The predicted octanol–water partition coefficient (Wildman–Crippen LogP) is 4.11. The zero-order valence-electron chi connectivity index (χ0n) is 19.0. The highest BCUT2D eigenvalue weighted by molar-refractivity contribution is 5.82. The van der Waals surface area contributed by atoms with Gasteiger partial charge in [-0.1, -0.05) is 72.8 Å². The molecule has 5 nitrogen and oxygen atoms in total. The first-order valence-electron chi connectivity index (χ1n) is 11.5. The molecule has 1 fully saturated rings. The number of rotatable bonds is 7. The molecule has 0 aromatic heterocycles. The number of nitrogens with one attached hydrogen (secondary N) is 1. The van der Waals surface area contributed by atoms with Crippen LogP contribution in [-0.4, -0.2) is 43.5 Å². The van der Waals surface area contributed by atoms with Crippen molar-refractivity contribution in [2.24, 2.45) is 5.92 Å². The minimum Gasteiger partial charge on any atom is -0.496 e. The predicted molar refractivity (Wildman–Crippen MR) is 130 cm³/mol. The summed E-state index contributed by atoms with van der Waals surface area (Å²) in [5, 5.41) is 3.00. The molecule has 0 saturated carbocycles. The van der Waals surface area contributed by atoms with Gasteiger partial charge >= 0.3 is 0 Å². The van der Waals surface area contributed by atoms with E-state index in [1.807, 2.05) is 59.5 Å². The molecule has 0 spiro atoms. The summed E-state index contributed by atoms with van der Waals surface area (Å²) in [5.41, 5.74) is 4.40. The molecule has 3 aromatic rings. The van der Waals surface area contributed by atoms with E-state index >= 15 is 0 Å². The number of nitrogens with zero attached hydrogens (tertiary/aromatic N) is 1. The average Bonchev–Trinajstić information content (AvgIpc) is 3.05. The van der Waals surface area contributed by atoms with Crippen molar-refractivity contribution in [2.45, 2.75) is 19.3 Å². The average molecular weight is 443 g/mol. The van der Waals surface area contributed by atoms with E-state index in [9.17, 15) is 9.59 Å². The summed E-state index contributed by atoms with van der Waals surface area (Å²) in [6, 6.07) is 26.2. The molecule has 0 bridgehead atoms. The molecular formula is C28H30N2O3. The number of ether oxygens (including phenoxy) is 1. The number of aryl methyl sites for hydroxylation is 1. The topological polar surface area (TPSA) is 58.6 Å². The number of methoxy groups -OCH3 is 1. The van der Waals surface area contributed by atoms with Crippen molar-refractivity contribution >= 4 is 11.8 Å². The number of benzene rings is 3. The van der Waals surface area contributed by atoms with Crippen LogP contribution in [0.2, 0.25) is 0 Å². The zero-order valence-corrected chi connectivity index (χ0v) is 19.0. The van der Waals surface area contributed by atoms with Gasteiger partial charge in [0, 0.05) is 26.1 Å². The monoisotopic (exact) mass is 442 g/mol. The number of carbonyl (C=O) groups is 2. The Bertz CT molecular complexity index is 1100. The van der Waals surface area contributed by atoms with Crippen molar-refractivity contribution in [1.29, 1.82) is 0 Å². The van der Waals surface area contributed by atoms with E-state index in [0.717, 1.165) is 28.0 Å². The Morgan fingerprint density at radius 2 is 1.67 bits per heavy atom. The third-order valence-corrected chi connectivity index (χ3v) is 6.21. The highest BCUT2D eigenvalue weighted by Gasteiger charge is 2.28. The number of hydrogen-bond acceptors (Lipinski definition) is 3. The fourth-order valence-electron chi connectivity index (χ4n) is 4.45. The van der Waals surface area contributed by atoms with Gasteiger partial charge in [0.05, 0.1) is 13.0 Å². The van der Waals surface area contributed by atoms with Crippen molar-refractivity contribution in [3.63, 3.8) is 0 Å². The van der Waals surface area contributed by atoms with Crippen LogP contribution in [0.3, 0.4) is 0 Å². The van der Waals surface area contributed by atoms with E-state index in [-0.39, 0.29) is 17.7 Å². The summed E-state index contributed by atoms with van der Waals surface area (Å²) in [4.78, 5) is 27.7. The lowest BCUT2D eigenvalue weighted by molar-refractivity contribution is -0.132. The smallest absolute Gasteiger partial charge is 0.225 e. The molecule has 170 valence electrons. The molecule has 1 aliphatic heterocycles. The van der Waals surface area contributed by atoms with Gasteiger partial charge in [-0.05, 0) is 41.2 Å². The second-order valence-corrected chi connectivity index (χ2v) is 8.37. The number of amides is 2. The summed E-state index contributed by atoms with van der Waals surface area (Å²) >= 11 is 0. The summed E-state index contributed by atoms with van der Waals surface area (Å²) in [5.74, 6) is 0.595. The maximum atomic E-state index is 13.1. The molecule has 0 aliphatic carbocycles. The van der Waals surface area contributed by atoms with E-state index in [1.54, 1.807) is 7.11 Å². The molecule has 1 aliphatic rings. The molecule has 0 radical (unpaired) electrons. The minimum absolute atomic E-state index is 0.0119. The highest BCUT2D eigenvalue weighted by Crippen LogP contribution is 2.26. The van der Waals surface area contributed by atoms with Gasteiger partial charge in [0.25, 0.3) is 0 Å². The van der Waals surface area contributed by atoms with Crippen molar-refractivity contribution < 1.29 is 14.3 Å². The molecule has 5 heteroatoms. The summed E-state index contributed by atoms with van der Waals surface area (Å²) in [7, 11) is 1.64. The lowest BCUT2D eigenvalue weighted by atomic mass is 9.91. The molecule has 1 N–H and O–H groups in total. The SMILES string of the molecule is COc1ccccc1CCC(=O)N1CCNC(=O)[C@@H](Cc2ccccc2-c2ccccc2)C1. The van der Waals surface area contributed by atoms with Crippen LogP contribution in [0.4, 0.5) is 0 Å². The van der Waals surface area contributed by atoms with Crippen LogP contribution in [0, 0.1) is 5.92 Å². The number of para-hydroxylation sites is 1. The third kappa shape index (κ3) is 5.61. The first-order valence-corrected chi connectivity index (χ1v) is 11.5. The maximum Gasteiger partial charge on any atom is 0.225 e. The lowest BCUT2D eigenvalue weighted by Crippen LogP contribution is -2.37. The van der Waals surface area contributed by atoms with Crippen molar-refractivity contribution in [3.05, 3.63) is 90.0 Å². The molecule has 33 heavy (non-hydrogen) atoms. The molecule has 2 amide bonds. The molecule has 3 aromatic carbocycles. The number of carbonyl (C=O) groups excluding carboxylic acids is 2. The van der Waals surface area contributed by atoms with E-state index in [4.69, 9.17) is 4.74 Å². The fraction of sp³-hybridized carbons (Fsp3) is 0.286. The van der Waals surface area contributed by atoms with Gasteiger partial charge in [0.15, 0.2) is 0 Å². The Hall–Kier alpha value is -3.60. The van der Waals surface area contributed by atoms with Crippen LogP contribution in [-0.2, 0) is 22.4 Å². The van der Waals surface area contributed by atoms with Gasteiger partial charge in [0.2, 0.25) is 11.8 Å². The molecule has 1 heterocycles. The Labute approximate surface area is 195 Å². The minimum atomic E-state index is -0.285. The highest BCUT2D eigenvalue weighted by atomic mass is 16.5. The largest absolute Gasteiger partial charge is 0.496 e. The molecular weight excluding hydrogens is 412 g/mol. The summed E-state index contributed by atoms with van der Waals surface area (Å²) in [6.45, 7) is 1.45. The van der Waals surface area contributed by atoms with E-state index in [2.05, 4.69) is 29.6 Å². The van der Waals surface area contributed by atoms with Gasteiger partial charge in [-0.2, -0.15) is 0 Å². The number of hydrogen-bond donors (Lipinski definition) is 1. The standard InChI is InChI=1S/C28H30N2O3/c1-33-26-14-8-6-11-22(26)15-16-27(31)30-18-17-29-28(32)24(20-30)19-23-12-5-7-13-25(23)21-9-3-2-4-10-21/h2-14,24H,15-20H2,1H3,(H,29,32)/t24-/m0/s1. The Morgan fingerprint density at radius 3 is 2.45 bits per heavy atom. The van der Waals surface area contributed by atoms with Crippen LogP contribution >= 0.6 is 0 Å². The summed E-state index contributed by atoms with van der Waals surface area (Å²) in [6.07, 6.45) is 1.59. The van der Waals surface area contributed by atoms with Gasteiger partial charge in [-0.15, -0.1) is 0 Å². The van der Waals surface area contributed by atoms with E-state index in [1.165, 1.54) is 0 Å². The lowest BCUT2D eigenvalue weighted by Gasteiger charge is -2.24. The Morgan fingerprint density at radius 1 is 0.970 bits per heavy atom. The molecule has 1 atom stereocenters. The normalized spacial score (nSPS) is 16.1. The van der Waals surface area contributed by atoms with Crippen LogP contribution in [0.25, 0.3) is 11.1 Å². The van der Waals surface area contributed by atoms with Gasteiger partial charge in [-0.25, -0.2) is 0 Å². The fourth-order valence-corrected chi connectivity index (χ4v) is 4.45. The Kier molecular flexibility index (Phi) is 7.40. The van der Waals surface area contributed by atoms with Gasteiger partial charge < -0.3 is 15.0 Å². The quantitative estimate of drug-likeness (QED) is 0.599. The molecule has 1 saturated heterocycles. The second-order valence-electron chi connectivity index (χ2n) is 8.37. The van der Waals surface area contributed by atoms with Crippen molar-refractivity contribution in [3.8, 4) is 16.9 Å². The van der Waals surface area contributed by atoms with Crippen LogP contribution in [0.15, 0.2) is 78.9 Å². The summed E-state index contributed by atoms with van der Waals surface area (Å²) < 4.78 is 5.41. The van der Waals surface area contributed by atoms with E-state index < -0.39 is 0 Å². The zero-order chi connectivity index (χ0) is 23.0. The van der Waals surface area contributed by atoms with Gasteiger partial charge in [-0.3, -0.25) is 9.59 Å². The van der Waals surface area contributed by atoms with Crippen molar-refractivity contribution in [1.82, 2.24) is 10.2 Å². The second kappa shape index (κ2) is 10.8. The third-order valence-electron chi connectivity index (χ3n) is 6.21. The molecule has 0 unspecified atom stereocenters. The van der Waals surface area contributed by atoms with E-state index in [0.29, 0.717) is 38.9 Å². The molecule has 4 rings (SSSR count). The first-order chi connectivity index (χ1) is 16.2. The first kappa shape index (κ1) is 22.6. The maximum absolute atomic E-state index is 13.1. The van der Waals surface area contributed by atoms with Gasteiger partial charge in [0.1, 0.15) is 5.75 Å². The van der Waals surface area contributed by atoms with Crippen LogP contribution in [0.1, 0.15) is 17.5 Å². The van der Waals surface area contributed by atoms with Crippen LogP contribution < -0.4 is 10.1 Å². The van der Waals surface area contributed by atoms with Crippen molar-refractivity contribution in [2.75, 3.05) is 26.7 Å². The van der Waals surface area contributed by atoms with Crippen LogP contribution in [0.5, 0.6) is 5.75 Å².